The number of hydrogen-bond acceptors (Lipinski definition) is 5. The van der Waals surface area contributed by atoms with Crippen molar-refractivity contribution in [2.24, 2.45) is 7.05 Å². The molecule has 1 heterocycles. The molecule has 0 saturated heterocycles. The van der Waals surface area contributed by atoms with Crippen LogP contribution in [-0.4, -0.2) is 26.5 Å². The number of hydrogen-bond donors (Lipinski definition) is 1. The summed E-state index contributed by atoms with van der Waals surface area (Å²) in [6.07, 6.45) is 0. The SMILES string of the molecule is CN(Cn1nc(CO)n(C)c1=S)c1cccc(C#N)c1. The highest BCUT2D eigenvalue weighted by Crippen LogP contribution is 2.15. The van der Waals surface area contributed by atoms with E-state index in [0.29, 0.717) is 22.8 Å². The van der Waals surface area contributed by atoms with E-state index in [1.165, 1.54) is 0 Å². The van der Waals surface area contributed by atoms with Crippen LogP contribution in [0.1, 0.15) is 11.4 Å². The Labute approximate surface area is 122 Å². The van der Waals surface area contributed by atoms with Crippen molar-refractivity contribution in [2.75, 3.05) is 11.9 Å². The van der Waals surface area contributed by atoms with Gasteiger partial charge in [-0.05, 0) is 30.4 Å². The number of nitrogens with zero attached hydrogens (tertiary/aromatic N) is 5. The Morgan fingerprint density at radius 1 is 1.50 bits per heavy atom. The molecule has 1 N–H and O–H groups in total. The summed E-state index contributed by atoms with van der Waals surface area (Å²) in [7, 11) is 3.67. The summed E-state index contributed by atoms with van der Waals surface area (Å²) in [4.78, 5) is 1.94. The van der Waals surface area contributed by atoms with Crippen LogP contribution in [-0.2, 0) is 20.3 Å². The van der Waals surface area contributed by atoms with Gasteiger partial charge in [-0.15, -0.1) is 0 Å². The Kier molecular flexibility index (Phi) is 4.17. The first-order valence-electron chi connectivity index (χ1n) is 6.01. The van der Waals surface area contributed by atoms with Crippen LogP contribution in [0.3, 0.4) is 0 Å². The Morgan fingerprint density at radius 2 is 2.25 bits per heavy atom. The molecule has 0 radical (unpaired) electrons. The molecule has 0 aliphatic carbocycles. The highest BCUT2D eigenvalue weighted by Gasteiger charge is 2.09. The van der Waals surface area contributed by atoms with Crippen LogP contribution in [0.15, 0.2) is 24.3 Å². The summed E-state index contributed by atoms with van der Waals surface area (Å²) in [5, 5.41) is 22.4. The van der Waals surface area contributed by atoms with Gasteiger partial charge in [0.15, 0.2) is 10.6 Å². The number of anilines is 1. The minimum atomic E-state index is -0.152. The number of aliphatic hydroxyl groups excluding tert-OH is 1. The van der Waals surface area contributed by atoms with Gasteiger partial charge in [-0.1, -0.05) is 6.07 Å². The fourth-order valence-electron chi connectivity index (χ4n) is 1.86. The average molecular weight is 289 g/mol. The van der Waals surface area contributed by atoms with E-state index in [1.807, 2.05) is 24.1 Å². The van der Waals surface area contributed by atoms with Gasteiger partial charge >= 0.3 is 0 Å². The predicted molar refractivity (Wildman–Crippen MR) is 77.5 cm³/mol. The number of rotatable bonds is 4. The second-order valence-electron chi connectivity index (χ2n) is 4.42. The van der Waals surface area contributed by atoms with E-state index in [1.54, 1.807) is 28.4 Å². The molecule has 0 unspecified atom stereocenters. The topological polar surface area (TPSA) is 70.0 Å². The van der Waals surface area contributed by atoms with Gasteiger partial charge in [0.1, 0.15) is 13.3 Å². The molecule has 0 atom stereocenters. The summed E-state index contributed by atoms with van der Waals surface area (Å²) in [5.74, 6) is 0.522. The molecule has 104 valence electrons. The van der Waals surface area contributed by atoms with Gasteiger partial charge in [0.2, 0.25) is 0 Å². The lowest BCUT2D eigenvalue weighted by Crippen LogP contribution is -2.22. The van der Waals surface area contributed by atoms with Crippen LogP contribution in [0.2, 0.25) is 0 Å². The molecule has 0 aliphatic heterocycles. The molecule has 0 spiro atoms. The first kappa shape index (κ1) is 14.2. The van der Waals surface area contributed by atoms with Crippen molar-refractivity contribution in [3.8, 4) is 6.07 Å². The summed E-state index contributed by atoms with van der Waals surface area (Å²) < 4.78 is 3.85. The number of benzene rings is 1. The van der Waals surface area contributed by atoms with Crippen LogP contribution in [0.4, 0.5) is 5.69 Å². The predicted octanol–water partition coefficient (Wildman–Crippen LogP) is 1.41. The van der Waals surface area contributed by atoms with Gasteiger partial charge < -0.3 is 14.6 Å². The van der Waals surface area contributed by atoms with Gasteiger partial charge in [-0.25, -0.2) is 4.68 Å². The maximum absolute atomic E-state index is 9.18. The largest absolute Gasteiger partial charge is 0.388 e. The third kappa shape index (κ3) is 2.71. The fraction of sp³-hybridized carbons (Fsp3) is 0.308. The Hall–Kier alpha value is -2.17. The monoisotopic (exact) mass is 289 g/mol. The highest BCUT2D eigenvalue weighted by molar-refractivity contribution is 7.71. The van der Waals surface area contributed by atoms with Crippen molar-refractivity contribution in [2.45, 2.75) is 13.3 Å². The second-order valence-corrected chi connectivity index (χ2v) is 4.78. The highest BCUT2D eigenvalue weighted by atomic mass is 32.1. The standard InChI is InChI=1S/C13H15N5OS/c1-16(11-5-3-4-10(6-11)7-14)9-18-13(20)17(2)12(8-19)15-18/h3-6,19H,8-9H2,1-2H3. The van der Waals surface area contributed by atoms with Gasteiger partial charge in [0.25, 0.3) is 0 Å². The number of aliphatic hydroxyl groups is 1. The van der Waals surface area contributed by atoms with E-state index < -0.39 is 0 Å². The third-order valence-corrected chi connectivity index (χ3v) is 3.52. The van der Waals surface area contributed by atoms with Gasteiger partial charge in [-0.3, -0.25) is 0 Å². The molecule has 6 nitrogen and oxygen atoms in total. The van der Waals surface area contributed by atoms with Crippen molar-refractivity contribution in [1.29, 1.82) is 5.26 Å². The molecule has 0 fully saturated rings. The number of nitriles is 1. The molecule has 7 heteroatoms. The third-order valence-electron chi connectivity index (χ3n) is 3.03. The quantitative estimate of drug-likeness (QED) is 0.862. The molecule has 1 aromatic carbocycles. The molecular formula is C13H15N5OS. The van der Waals surface area contributed by atoms with Gasteiger partial charge in [-0.2, -0.15) is 10.4 Å². The lowest BCUT2D eigenvalue weighted by atomic mass is 10.2. The molecular weight excluding hydrogens is 274 g/mol. The van der Waals surface area contributed by atoms with E-state index in [9.17, 15) is 5.11 Å². The maximum atomic E-state index is 9.18. The van der Waals surface area contributed by atoms with E-state index >= 15 is 0 Å². The number of aromatic nitrogens is 3. The maximum Gasteiger partial charge on any atom is 0.199 e. The molecule has 0 saturated carbocycles. The van der Waals surface area contributed by atoms with Crippen molar-refractivity contribution >= 4 is 17.9 Å². The zero-order valence-electron chi connectivity index (χ0n) is 11.3. The molecule has 20 heavy (non-hydrogen) atoms. The van der Waals surface area contributed by atoms with E-state index in [2.05, 4.69) is 11.2 Å². The van der Waals surface area contributed by atoms with Crippen LogP contribution in [0.25, 0.3) is 0 Å². The average Bonchev–Trinajstić information content (AvgIpc) is 2.75. The smallest absolute Gasteiger partial charge is 0.199 e. The molecule has 2 aromatic rings. The van der Waals surface area contributed by atoms with E-state index in [0.717, 1.165) is 5.69 Å². The van der Waals surface area contributed by atoms with Crippen LogP contribution in [0.5, 0.6) is 0 Å². The van der Waals surface area contributed by atoms with Gasteiger partial charge in [0, 0.05) is 19.8 Å². The summed E-state index contributed by atoms with van der Waals surface area (Å²) in [5.41, 5.74) is 1.51. The van der Waals surface area contributed by atoms with Crippen LogP contribution in [0, 0.1) is 16.1 Å². The fourth-order valence-corrected chi connectivity index (χ4v) is 2.06. The Bertz CT molecular complexity index is 712. The van der Waals surface area contributed by atoms with Crippen molar-refractivity contribution < 1.29 is 5.11 Å². The lowest BCUT2D eigenvalue weighted by Gasteiger charge is -2.19. The van der Waals surface area contributed by atoms with Gasteiger partial charge in [0.05, 0.1) is 11.6 Å². The van der Waals surface area contributed by atoms with Crippen molar-refractivity contribution in [3.63, 3.8) is 0 Å². The Morgan fingerprint density at radius 3 is 2.85 bits per heavy atom. The molecule has 0 amide bonds. The summed E-state index contributed by atoms with van der Waals surface area (Å²) in [6, 6.07) is 9.43. The van der Waals surface area contributed by atoms with Crippen LogP contribution < -0.4 is 4.90 Å². The van der Waals surface area contributed by atoms with Crippen LogP contribution >= 0.6 is 12.2 Å². The molecule has 0 bridgehead atoms. The zero-order valence-corrected chi connectivity index (χ0v) is 12.1. The van der Waals surface area contributed by atoms with Crippen molar-refractivity contribution in [3.05, 3.63) is 40.4 Å². The summed E-state index contributed by atoms with van der Waals surface area (Å²) >= 11 is 5.27. The first-order chi connectivity index (χ1) is 9.56. The molecule has 0 aliphatic rings. The minimum Gasteiger partial charge on any atom is -0.388 e. The lowest BCUT2D eigenvalue weighted by molar-refractivity contribution is 0.265. The second kappa shape index (κ2) is 5.86. The summed E-state index contributed by atoms with van der Waals surface area (Å²) in [6.45, 7) is 0.294. The molecule has 1 aromatic heterocycles. The normalized spacial score (nSPS) is 10.3. The Balaban J connectivity index is 2.26. The van der Waals surface area contributed by atoms with E-state index in [4.69, 9.17) is 17.5 Å². The zero-order chi connectivity index (χ0) is 14.7. The van der Waals surface area contributed by atoms with Crippen molar-refractivity contribution in [1.82, 2.24) is 14.3 Å². The first-order valence-corrected chi connectivity index (χ1v) is 6.42. The van der Waals surface area contributed by atoms with E-state index in [-0.39, 0.29) is 6.61 Å². The minimum absolute atomic E-state index is 0.152. The molecule has 2 rings (SSSR count).